The zero-order valence-corrected chi connectivity index (χ0v) is 15.2. The summed E-state index contributed by atoms with van der Waals surface area (Å²) < 4.78 is 1.91. The lowest BCUT2D eigenvalue weighted by Gasteiger charge is -2.14. The van der Waals surface area contributed by atoms with Gasteiger partial charge >= 0.3 is 6.03 Å². The minimum Gasteiger partial charge on any atom is -0.335 e. The molecule has 0 unspecified atom stereocenters. The first-order valence-corrected chi connectivity index (χ1v) is 8.53. The standard InChI is InChI=1S/C17H28N6O/c1-6-15-14(16(7-2)23(5)22-15)10-18-17(24)19-11(3)8-13-9-12(4)20-21-13/h9,11H,6-8,10H2,1-5H3,(H,20,21)(H2,18,19,24)/t11-/m1/s1. The molecule has 2 rings (SSSR count). The molecule has 24 heavy (non-hydrogen) atoms. The number of hydrogen-bond donors (Lipinski definition) is 3. The Hall–Kier alpha value is -2.31. The third kappa shape index (κ3) is 4.37. The quantitative estimate of drug-likeness (QED) is 0.725. The summed E-state index contributed by atoms with van der Waals surface area (Å²) in [5, 5.41) is 17.6. The van der Waals surface area contributed by atoms with Crippen LogP contribution in [0.15, 0.2) is 6.07 Å². The van der Waals surface area contributed by atoms with Crippen molar-refractivity contribution in [1.29, 1.82) is 0 Å². The second kappa shape index (κ2) is 7.99. The molecule has 0 aromatic carbocycles. The number of amides is 2. The molecule has 2 heterocycles. The molecular formula is C17H28N6O. The highest BCUT2D eigenvalue weighted by atomic mass is 16.2. The molecule has 0 aliphatic rings. The average Bonchev–Trinajstić information content (AvgIpc) is 3.07. The first-order chi connectivity index (χ1) is 11.4. The maximum atomic E-state index is 12.2. The number of urea groups is 1. The Morgan fingerprint density at radius 3 is 2.71 bits per heavy atom. The fourth-order valence-electron chi connectivity index (χ4n) is 2.98. The van der Waals surface area contributed by atoms with E-state index in [4.69, 9.17) is 0 Å². The van der Waals surface area contributed by atoms with E-state index in [1.165, 1.54) is 5.69 Å². The molecule has 7 nitrogen and oxygen atoms in total. The number of aromatic nitrogens is 4. The number of nitrogens with zero attached hydrogens (tertiary/aromatic N) is 3. The van der Waals surface area contributed by atoms with Crippen molar-refractivity contribution in [3.05, 3.63) is 34.4 Å². The van der Waals surface area contributed by atoms with Crippen LogP contribution < -0.4 is 10.6 Å². The number of nitrogens with one attached hydrogen (secondary N) is 3. The molecule has 132 valence electrons. The van der Waals surface area contributed by atoms with E-state index in [0.29, 0.717) is 13.0 Å². The minimum absolute atomic E-state index is 0.0119. The average molecular weight is 332 g/mol. The Morgan fingerprint density at radius 2 is 2.12 bits per heavy atom. The van der Waals surface area contributed by atoms with Crippen molar-refractivity contribution in [2.45, 2.75) is 59.5 Å². The molecule has 0 saturated carbocycles. The maximum absolute atomic E-state index is 12.2. The highest BCUT2D eigenvalue weighted by molar-refractivity contribution is 5.74. The van der Waals surface area contributed by atoms with E-state index in [2.05, 4.69) is 39.8 Å². The first-order valence-electron chi connectivity index (χ1n) is 8.53. The SMILES string of the molecule is CCc1nn(C)c(CC)c1CNC(=O)N[C@H](C)Cc1cc(C)[nH]n1. The molecule has 1 atom stereocenters. The van der Waals surface area contributed by atoms with Crippen LogP contribution in [0.5, 0.6) is 0 Å². The number of aryl methyl sites for hydroxylation is 3. The van der Waals surface area contributed by atoms with Crippen molar-refractivity contribution in [2.75, 3.05) is 0 Å². The van der Waals surface area contributed by atoms with Crippen LogP contribution in [0.25, 0.3) is 0 Å². The fraction of sp³-hybridized carbons (Fsp3) is 0.588. The Morgan fingerprint density at radius 1 is 1.38 bits per heavy atom. The number of aromatic amines is 1. The van der Waals surface area contributed by atoms with Gasteiger partial charge in [-0.15, -0.1) is 0 Å². The Bertz CT molecular complexity index is 687. The number of rotatable bonds is 7. The van der Waals surface area contributed by atoms with E-state index in [0.717, 1.165) is 35.5 Å². The Balaban J connectivity index is 1.89. The smallest absolute Gasteiger partial charge is 0.315 e. The second-order valence-electron chi connectivity index (χ2n) is 6.18. The third-order valence-corrected chi connectivity index (χ3v) is 4.11. The molecule has 0 radical (unpaired) electrons. The first kappa shape index (κ1) is 18.0. The number of carbonyl (C=O) groups is 1. The van der Waals surface area contributed by atoms with Crippen LogP contribution in [-0.2, 0) is 32.9 Å². The highest BCUT2D eigenvalue weighted by Crippen LogP contribution is 2.15. The third-order valence-electron chi connectivity index (χ3n) is 4.11. The van der Waals surface area contributed by atoms with Crippen LogP contribution in [0.1, 0.15) is 49.1 Å². The van der Waals surface area contributed by atoms with Gasteiger partial charge in [-0.1, -0.05) is 13.8 Å². The molecule has 0 aliphatic carbocycles. The Labute approximate surface area is 143 Å². The monoisotopic (exact) mass is 332 g/mol. The van der Waals surface area contributed by atoms with E-state index < -0.39 is 0 Å². The fourth-order valence-corrected chi connectivity index (χ4v) is 2.98. The van der Waals surface area contributed by atoms with Crippen LogP contribution in [0.3, 0.4) is 0 Å². The predicted octanol–water partition coefficient (Wildman–Crippen LogP) is 2.01. The summed E-state index contributed by atoms with van der Waals surface area (Å²) in [6.07, 6.45) is 2.46. The van der Waals surface area contributed by atoms with Gasteiger partial charge < -0.3 is 10.6 Å². The van der Waals surface area contributed by atoms with Gasteiger partial charge in [0.1, 0.15) is 0 Å². The molecule has 2 aromatic heterocycles. The number of H-pyrrole nitrogens is 1. The van der Waals surface area contributed by atoms with E-state index in [9.17, 15) is 4.79 Å². The van der Waals surface area contributed by atoms with Crippen molar-refractivity contribution in [3.63, 3.8) is 0 Å². The van der Waals surface area contributed by atoms with Crippen molar-refractivity contribution >= 4 is 6.03 Å². The van der Waals surface area contributed by atoms with Crippen LogP contribution in [0.2, 0.25) is 0 Å². The van der Waals surface area contributed by atoms with Gasteiger partial charge in [0.25, 0.3) is 0 Å². The lowest BCUT2D eigenvalue weighted by atomic mass is 10.1. The molecule has 2 amide bonds. The minimum atomic E-state index is -0.164. The summed E-state index contributed by atoms with van der Waals surface area (Å²) in [5.74, 6) is 0. The van der Waals surface area contributed by atoms with E-state index in [-0.39, 0.29) is 12.1 Å². The second-order valence-corrected chi connectivity index (χ2v) is 6.18. The van der Waals surface area contributed by atoms with Crippen molar-refractivity contribution in [3.8, 4) is 0 Å². The number of carbonyl (C=O) groups excluding carboxylic acids is 1. The zero-order valence-electron chi connectivity index (χ0n) is 15.2. The van der Waals surface area contributed by atoms with Gasteiger partial charge in [-0.2, -0.15) is 10.2 Å². The Kier molecular flexibility index (Phi) is 6.00. The summed E-state index contributed by atoms with van der Waals surface area (Å²) >= 11 is 0. The summed E-state index contributed by atoms with van der Waals surface area (Å²) in [6.45, 7) is 8.63. The molecule has 0 aliphatic heterocycles. The molecule has 0 saturated heterocycles. The van der Waals surface area contributed by atoms with Gasteiger partial charge in [0.15, 0.2) is 0 Å². The summed E-state index contributed by atoms with van der Waals surface area (Å²) in [7, 11) is 1.95. The van der Waals surface area contributed by atoms with Crippen LogP contribution in [-0.4, -0.2) is 32.1 Å². The van der Waals surface area contributed by atoms with Crippen LogP contribution in [0.4, 0.5) is 4.79 Å². The summed E-state index contributed by atoms with van der Waals surface area (Å²) in [6, 6.07) is 1.84. The molecule has 0 bridgehead atoms. The summed E-state index contributed by atoms with van der Waals surface area (Å²) in [4.78, 5) is 12.2. The van der Waals surface area contributed by atoms with Gasteiger partial charge in [-0.3, -0.25) is 9.78 Å². The van der Waals surface area contributed by atoms with Gasteiger partial charge in [0.05, 0.1) is 11.4 Å². The van der Waals surface area contributed by atoms with Crippen molar-refractivity contribution in [2.24, 2.45) is 7.05 Å². The van der Waals surface area contributed by atoms with Gasteiger partial charge in [0, 0.05) is 43.0 Å². The largest absolute Gasteiger partial charge is 0.335 e. The zero-order chi connectivity index (χ0) is 17.7. The van der Waals surface area contributed by atoms with Gasteiger partial charge in [-0.05, 0) is 32.8 Å². The lowest BCUT2D eigenvalue weighted by Crippen LogP contribution is -2.41. The van der Waals surface area contributed by atoms with Crippen molar-refractivity contribution in [1.82, 2.24) is 30.6 Å². The van der Waals surface area contributed by atoms with Gasteiger partial charge in [0.2, 0.25) is 0 Å². The maximum Gasteiger partial charge on any atom is 0.315 e. The summed E-state index contributed by atoms with van der Waals surface area (Å²) in [5.41, 5.74) is 5.33. The predicted molar refractivity (Wildman–Crippen MR) is 93.8 cm³/mol. The molecule has 3 N–H and O–H groups in total. The topological polar surface area (TPSA) is 87.6 Å². The number of hydrogen-bond acceptors (Lipinski definition) is 3. The molecular weight excluding hydrogens is 304 g/mol. The van der Waals surface area contributed by atoms with E-state index in [1.807, 2.05) is 31.6 Å². The lowest BCUT2D eigenvalue weighted by molar-refractivity contribution is 0.237. The van der Waals surface area contributed by atoms with Crippen molar-refractivity contribution < 1.29 is 4.79 Å². The van der Waals surface area contributed by atoms with Gasteiger partial charge in [-0.25, -0.2) is 4.79 Å². The molecule has 0 fully saturated rings. The molecule has 2 aromatic rings. The van der Waals surface area contributed by atoms with Crippen LogP contribution in [0, 0.1) is 6.92 Å². The molecule has 7 heteroatoms. The normalized spacial score (nSPS) is 12.2. The molecule has 0 spiro atoms. The van der Waals surface area contributed by atoms with E-state index >= 15 is 0 Å². The van der Waals surface area contributed by atoms with E-state index in [1.54, 1.807) is 0 Å². The van der Waals surface area contributed by atoms with Crippen LogP contribution >= 0.6 is 0 Å². The highest BCUT2D eigenvalue weighted by Gasteiger charge is 2.15.